The van der Waals surface area contributed by atoms with Crippen molar-refractivity contribution in [3.8, 4) is 6.07 Å². The van der Waals surface area contributed by atoms with Crippen molar-refractivity contribution in [3.05, 3.63) is 0 Å². The summed E-state index contributed by atoms with van der Waals surface area (Å²) in [5, 5.41) is 9.42. The zero-order chi connectivity index (χ0) is 9.60. The third-order valence-corrected chi connectivity index (χ3v) is 4.60. The molecule has 2 nitrogen and oxygen atoms in total. The van der Waals surface area contributed by atoms with Crippen LogP contribution in [-0.2, 0) is 0 Å². The van der Waals surface area contributed by atoms with Crippen LogP contribution in [0.2, 0.25) is 0 Å². The lowest BCUT2D eigenvalue weighted by atomic mass is 10.0. The first-order valence-electron chi connectivity index (χ1n) is 6.06. The summed E-state index contributed by atoms with van der Waals surface area (Å²) in [4.78, 5) is 2.50. The van der Waals surface area contributed by atoms with Gasteiger partial charge in [-0.1, -0.05) is 12.8 Å². The van der Waals surface area contributed by atoms with E-state index in [1.807, 2.05) is 0 Å². The molecular weight excluding hydrogens is 172 g/mol. The molecule has 3 aliphatic rings. The Morgan fingerprint density at radius 2 is 1.64 bits per heavy atom. The third-order valence-electron chi connectivity index (χ3n) is 4.60. The first-order valence-corrected chi connectivity index (χ1v) is 6.06. The highest BCUT2D eigenvalue weighted by molar-refractivity contribution is 5.32. The number of nitriles is 1. The van der Waals surface area contributed by atoms with E-state index in [0.29, 0.717) is 0 Å². The highest BCUT2D eigenvalue weighted by Gasteiger charge is 2.69. The van der Waals surface area contributed by atoms with Gasteiger partial charge < -0.3 is 0 Å². The largest absolute Gasteiger partial charge is 0.285 e. The van der Waals surface area contributed by atoms with E-state index in [1.165, 1.54) is 51.6 Å². The summed E-state index contributed by atoms with van der Waals surface area (Å²) >= 11 is 0. The maximum atomic E-state index is 9.42. The zero-order valence-electron chi connectivity index (χ0n) is 8.71. The van der Waals surface area contributed by atoms with Crippen LogP contribution in [0.5, 0.6) is 0 Å². The number of rotatable bonds is 1. The lowest BCUT2D eigenvalue weighted by molar-refractivity contribution is 0.153. The number of likely N-dealkylation sites (tertiary alicyclic amines) is 1. The number of piperidine rings is 1. The molecule has 0 aromatic rings. The molecule has 1 heterocycles. The minimum absolute atomic E-state index is 0.0126. The molecule has 0 bridgehead atoms. The molecule has 1 aliphatic heterocycles. The molecule has 2 aliphatic carbocycles. The monoisotopic (exact) mass is 190 g/mol. The molecular formula is C12H18N2. The summed E-state index contributed by atoms with van der Waals surface area (Å²) in [6.07, 6.45) is 7.98. The van der Waals surface area contributed by atoms with Gasteiger partial charge in [0.25, 0.3) is 0 Å². The van der Waals surface area contributed by atoms with E-state index in [0.717, 1.165) is 11.8 Å². The van der Waals surface area contributed by atoms with Crippen LogP contribution < -0.4 is 0 Å². The van der Waals surface area contributed by atoms with Gasteiger partial charge in [0.05, 0.1) is 6.07 Å². The smallest absolute Gasteiger partial charge is 0.115 e. The van der Waals surface area contributed by atoms with Gasteiger partial charge in [-0.05, 0) is 50.6 Å². The fourth-order valence-electron chi connectivity index (χ4n) is 3.89. The second kappa shape index (κ2) is 2.97. The van der Waals surface area contributed by atoms with Gasteiger partial charge in [-0.3, -0.25) is 4.90 Å². The Morgan fingerprint density at radius 1 is 1.00 bits per heavy atom. The fraction of sp³-hybridized carbons (Fsp3) is 0.917. The van der Waals surface area contributed by atoms with Crippen molar-refractivity contribution >= 4 is 0 Å². The maximum absolute atomic E-state index is 9.42. The van der Waals surface area contributed by atoms with E-state index in [-0.39, 0.29) is 5.54 Å². The summed E-state index contributed by atoms with van der Waals surface area (Å²) in [5.41, 5.74) is 0.0126. The molecule has 2 atom stereocenters. The van der Waals surface area contributed by atoms with E-state index in [1.54, 1.807) is 0 Å². The van der Waals surface area contributed by atoms with Crippen molar-refractivity contribution in [2.45, 2.75) is 44.1 Å². The predicted molar refractivity (Wildman–Crippen MR) is 54.6 cm³/mol. The molecule has 0 radical (unpaired) electrons. The van der Waals surface area contributed by atoms with Crippen molar-refractivity contribution in [2.75, 3.05) is 13.1 Å². The first kappa shape index (κ1) is 8.73. The Labute approximate surface area is 85.9 Å². The summed E-state index contributed by atoms with van der Waals surface area (Å²) in [7, 11) is 0. The SMILES string of the molecule is N#CC1(N2CCCCC2)C2CCCC21. The van der Waals surface area contributed by atoms with E-state index in [4.69, 9.17) is 0 Å². The van der Waals surface area contributed by atoms with Crippen LogP contribution in [0, 0.1) is 23.2 Å². The van der Waals surface area contributed by atoms with Crippen molar-refractivity contribution in [1.29, 1.82) is 5.26 Å². The lowest BCUT2D eigenvalue weighted by Gasteiger charge is -2.33. The van der Waals surface area contributed by atoms with Crippen molar-refractivity contribution in [1.82, 2.24) is 4.90 Å². The number of hydrogen-bond acceptors (Lipinski definition) is 2. The van der Waals surface area contributed by atoms with E-state index in [2.05, 4.69) is 11.0 Å². The highest BCUT2D eigenvalue weighted by atomic mass is 15.3. The molecule has 76 valence electrons. The van der Waals surface area contributed by atoms with Crippen molar-refractivity contribution in [3.63, 3.8) is 0 Å². The van der Waals surface area contributed by atoms with Crippen LogP contribution >= 0.6 is 0 Å². The minimum atomic E-state index is 0.0126. The Bertz CT molecular complexity index is 263. The van der Waals surface area contributed by atoms with Crippen LogP contribution in [0.1, 0.15) is 38.5 Å². The second-order valence-corrected chi connectivity index (χ2v) is 5.13. The summed E-state index contributed by atoms with van der Waals surface area (Å²) in [6, 6.07) is 2.65. The molecule has 0 spiro atoms. The number of fused-ring (bicyclic) bond motifs is 1. The molecule has 0 aromatic carbocycles. The van der Waals surface area contributed by atoms with Crippen LogP contribution in [0.4, 0.5) is 0 Å². The average Bonchev–Trinajstić information content (AvgIpc) is 2.62. The predicted octanol–water partition coefficient (Wildman–Crippen LogP) is 2.16. The molecule has 0 N–H and O–H groups in total. The highest BCUT2D eigenvalue weighted by Crippen LogP contribution is 2.63. The topological polar surface area (TPSA) is 27.0 Å². The minimum Gasteiger partial charge on any atom is -0.285 e. The van der Waals surface area contributed by atoms with Crippen LogP contribution in [0.3, 0.4) is 0 Å². The molecule has 2 unspecified atom stereocenters. The molecule has 2 heteroatoms. The lowest BCUT2D eigenvalue weighted by Crippen LogP contribution is -2.43. The third kappa shape index (κ3) is 0.941. The van der Waals surface area contributed by atoms with Gasteiger partial charge in [0.1, 0.15) is 5.54 Å². The van der Waals surface area contributed by atoms with Crippen LogP contribution in [0.15, 0.2) is 0 Å². The van der Waals surface area contributed by atoms with Crippen molar-refractivity contribution < 1.29 is 0 Å². The fourth-order valence-corrected chi connectivity index (χ4v) is 3.89. The van der Waals surface area contributed by atoms with Gasteiger partial charge in [0.15, 0.2) is 0 Å². The van der Waals surface area contributed by atoms with E-state index in [9.17, 15) is 5.26 Å². The molecule has 2 saturated carbocycles. The quantitative estimate of drug-likeness (QED) is 0.633. The standard InChI is InChI=1S/C12H18N2/c13-9-12(10-5-4-6-11(10)12)14-7-2-1-3-8-14/h10-11H,1-8H2. The molecule has 3 rings (SSSR count). The van der Waals surface area contributed by atoms with Gasteiger partial charge in [-0.2, -0.15) is 5.26 Å². The Balaban J connectivity index is 1.79. The first-order chi connectivity index (χ1) is 6.89. The molecule has 0 aromatic heterocycles. The van der Waals surface area contributed by atoms with Gasteiger partial charge in [0.2, 0.25) is 0 Å². The summed E-state index contributed by atoms with van der Waals surface area (Å²) in [6.45, 7) is 2.36. The zero-order valence-corrected chi connectivity index (χ0v) is 8.71. The van der Waals surface area contributed by atoms with Crippen LogP contribution in [0.25, 0.3) is 0 Å². The van der Waals surface area contributed by atoms with Crippen molar-refractivity contribution in [2.24, 2.45) is 11.8 Å². The number of nitrogens with zero attached hydrogens (tertiary/aromatic N) is 2. The van der Waals surface area contributed by atoms with E-state index >= 15 is 0 Å². The van der Waals surface area contributed by atoms with Gasteiger partial charge >= 0.3 is 0 Å². The van der Waals surface area contributed by atoms with Gasteiger partial charge in [-0.15, -0.1) is 0 Å². The van der Waals surface area contributed by atoms with Gasteiger partial charge in [-0.25, -0.2) is 0 Å². The summed E-state index contributed by atoms with van der Waals surface area (Å²) < 4.78 is 0. The second-order valence-electron chi connectivity index (χ2n) is 5.13. The van der Waals surface area contributed by atoms with E-state index < -0.39 is 0 Å². The molecule has 3 fully saturated rings. The van der Waals surface area contributed by atoms with Gasteiger partial charge in [0, 0.05) is 0 Å². The Kier molecular flexibility index (Phi) is 1.85. The number of hydrogen-bond donors (Lipinski definition) is 0. The molecule has 0 amide bonds. The molecule has 14 heavy (non-hydrogen) atoms. The maximum Gasteiger partial charge on any atom is 0.115 e. The Morgan fingerprint density at radius 3 is 2.21 bits per heavy atom. The Hall–Kier alpha value is -0.550. The summed E-state index contributed by atoms with van der Waals surface area (Å²) in [5.74, 6) is 1.48. The molecule has 1 saturated heterocycles. The normalized spacial score (nSPS) is 47.1. The van der Waals surface area contributed by atoms with Crippen LogP contribution in [-0.4, -0.2) is 23.5 Å². The average molecular weight is 190 g/mol.